The van der Waals surface area contributed by atoms with E-state index in [-0.39, 0.29) is 18.3 Å². The van der Waals surface area contributed by atoms with Gasteiger partial charge in [0.25, 0.3) is 0 Å². The molecule has 2 heterocycles. The summed E-state index contributed by atoms with van der Waals surface area (Å²) in [6, 6.07) is 6.40. The van der Waals surface area contributed by atoms with Gasteiger partial charge in [0, 0.05) is 30.1 Å². The lowest BCUT2D eigenvalue weighted by Gasteiger charge is -2.06. The molecule has 9 heteroatoms. The predicted octanol–water partition coefficient (Wildman–Crippen LogP) is 2.36. The fourth-order valence-electron chi connectivity index (χ4n) is 2.79. The molecule has 0 bridgehead atoms. The van der Waals surface area contributed by atoms with E-state index in [4.69, 9.17) is 0 Å². The molecule has 27 heavy (non-hydrogen) atoms. The van der Waals surface area contributed by atoms with Crippen molar-refractivity contribution in [1.29, 1.82) is 0 Å². The van der Waals surface area contributed by atoms with Crippen LogP contribution in [-0.4, -0.2) is 25.2 Å². The molecule has 7 nitrogen and oxygen atoms in total. The van der Waals surface area contributed by atoms with E-state index >= 15 is 0 Å². The van der Waals surface area contributed by atoms with Crippen LogP contribution >= 0.6 is 0 Å². The van der Waals surface area contributed by atoms with Gasteiger partial charge in [0.15, 0.2) is 5.82 Å². The lowest BCUT2D eigenvalue weighted by molar-refractivity contribution is -0.117. The Hall–Kier alpha value is -3.36. The topological polar surface area (TPSA) is 81.8 Å². The molecule has 0 saturated heterocycles. The first kappa shape index (κ1) is 17.1. The summed E-state index contributed by atoms with van der Waals surface area (Å²) in [6.45, 7) is -0.386. The molecule has 0 radical (unpaired) electrons. The third-order valence-corrected chi connectivity index (χ3v) is 4.20. The smallest absolute Gasteiger partial charge is 0.322 e. The summed E-state index contributed by atoms with van der Waals surface area (Å²) >= 11 is 0. The standard InChI is InChI=1S/C18H15F2N5O2/c19-12-3-6-15(14(20)8-12)22-16(26)10-24-18(27)25(13-4-5-13)17(23-24)11-2-1-7-21-9-11/h1-3,6-9,13H,4-5,10H2,(H,22,26). The number of anilines is 1. The van der Waals surface area contributed by atoms with Gasteiger partial charge in [-0.2, -0.15) is 0 Å². The van der Waals surface area contributed by atoms with Crippen LogP contribution < -0.4 is 11.0 Å². The molecule has 1 amide bonds. The second kappa shape index (κ2) is 6.75. The number of nitrogens with zero attached hydrogens (tertiary/aromatic N) is 4. The molecule has 1 aromatic carbocycles. The summed E-state index contributed by atoms with van der Waals surface area (Å²) in [5.74, 6) is -1.83. The summed E-state index contributed by atoms with van der Waals surface area (Å²) < 4.78 is 29.2. The molecule has 1 N–H and O–H groups in total. The summed E-state index contributed by atoms with van der Waals surface area (Å²) in [4.78, 5) is 28.9. The van der Waals surface area contributed by atoms with Crippen molar-refractivity contribution < 1.29 is 13.6 Å². The van der Waals surface area contributed by atoms with Gasteiger partial charge in [-0.25, -0.2) is 18.3 Å². The zero-order valence-electron chi connectivity index (χ0n) is 14.1. The molecule has 1 fully saturated rings. The molecule has 0 atom stereocenters. The summed E-state index contributed by atoms with van der Waals surface area (Å²) in [5.41, 5.74) is 0.0971. The molecular weight excluding hydrogens is 356 g/mol. The van der Waals surface area contributed by atoms with Crippen LogP contribution in [0.5, 0.6) is 0 Å². The lowest BCUT2D eigenvalue weighted by Crippen LogP contribution is -2.30. The van der Waals surface area contributed by atoms with Crippen LogP contribution in [0, 0.1) is 11.6 Å². The van der Waals surface area contributed by atoms with Crippen LogP contribution in [0.4, 0.5) is 14.5 Å². The normalized spacial score (nSPS) is 13.6. The number of nitrogens with one attached hydrogen (secondary N) is 1. The number of halogens is 2. The molecule has 0 spiro atoms. The molecule has 1 saturated carbocycles. The minimum Gasteiger partial charge on any atom is -0.322 e. The fourth-order valence-corrected chi connectivity index (χ4v) is 2.79. The number of aromatic nitrogens is 4. The first-order valence-corrected chi connectivity index (χ1v) is 8.37. The van der Waals surface area contributed by atoms with Crippen LogP contribution in [0.1, 0.15) is 18.9 Å². The van der Waals surface area contributed by atoms with E-state index in [9.17, 15) is 18.4 Å². The summed E-state index contributed by atoms with van der Waals surface area (Å²) in [5, 5.41) is 6.60. The molecule has 4 rings (SSSR count). The van der Waals surface area contributed by atoms with Crippen molar-refractivity contribution in [3.8, 4) is 11.4 Å². The monoisotopic (exact) mass is 371 g/mol. The zero-order chi connectivity index (χ0) is 19.0. The van der Waals surface area contributed by atoms with Crippen molar-refractivity contribution in [2.45, 2.75) is 25.4 Å². The van der Waals surface area contributed by atoms with Crippen molar-refractivity contribution in [3.05, 3.63) is 64.8 Å². The van der Waals surface area contributed by atoms with Gasteiger partial charge in [-0.15, -0.1) is 5.10 Å². The highest BCUT2D eigenvalue weighted by Gasteiger charge is 2.30. The number of benzene rings is 1. The van der Waals surface area contributed by atoms with Gasteiger partial charge < -0.3 is 5.32 Å². The zero-order valence-corrected chi connectivity index (χ0v) is 14.1. The Labute approximate surface area is 152 Å². The number of amides is 1. The van der Waals surface area contributed by atoms with E-state index < -0.39 is 23.2 Å². The van der Waals surface area contributed by atoms with Crippen LogP contribution in [-0.2, 0) is 11.3 Å². The van der Waals surface area contributed by atoms with E-state index in [0.717, 1.165) is 29.7 Å². The number of hydrogen-bond donors (Lipinski definition) is 1. The molecule has 2 aromatic heterocycles. The average Bonchev–Trinajstić information content (AvgIpc) is 3.43. The second-order valence-corrected chi connectivity index (χ2v) is 6.28. The first-order valence-electron chi connectivity index (χ1n) is 8.37. The highest BCUT2D eigenvalue weighted by atomic mass is 19.1. The minimum absolute atomic E-state index is 0.0547. The largest absolute Gasteiger partial charge is 0.346 e. The van der Waals surface area contributed by atoms with Gasteiger partial charge in [-0.05, 0) is 37.1 Å². The predicted molar refractivity (Wildman–Crippen MR) is 93.0 cm³/mol. The highest BCUT2D eigenvalue weighted by molar-refractivity contribution is 5.90. The maximum atomic E-state index is 13.7. The molecule has 1 aliphatic carbocycles. The van der Waals surface area contributed by atoms with E-state index in [2.05, 4.69) is 15.4 Å². The Morgan fingerprint density at radius 3 is 2.74 bits per heavy atom. The Morgan fingerprint density at radius 2 is 2.07 bits per heavy atom. The average molecular weight is 371 g/mol. The van der Waals surface area contributed by atoms with Crippen molar-refractivity contribution in [1.82, 2.24) is 19.3 Å². The SMILES string of the molecule is O=C(Cn1nc(-c2cccnc2)n(C2CC2)c1=O)Nc1ccc(F)cc1F. The van der Waals surface area contributed by atoms with Gasteiger partial charge in [-0.3, -0.25) is 14.3 Å². The molecular formula is C18H15F2N5O2. The number of carbonyl (C=O) groups is 1. The molecule has 0 unspecified atom stereocenters. The van der Waals surface area contributed by atoms with Gasteiger partial charge >= 0.3 is 5.69 Å². The molecule has 138 valence electrons. The third-order valence-electron chi connectivity index (χ3n) is 4.20. The number of rotatable bonds is 5. The van der Waals surface area contributed by atoms with Crippen molar-refractivity contribution >= 4 is 11.6 Å². The molecule has 1 aliphatic rings. The van der Waals surface area contributed by atoms with Crippen molar-refractivity contribution in [2.24, 2.45) is 0 Å². The quantitative estimate of drug-likeness (QED) is 0.747. The number of pyridine rings is 1. The van der Waals surface area contributed by atoms with Crippen LogP contribution in [0.2, 0.25) is 0 Å². The third kappa shape index (κ3) is 3.48. The molecule has 0 aliphatic heterocycles. The minimum atomic E-state index is -0.893. The van der Waals surface area contributed by atoms with E-state index in [1.165, 1.54) is 0 Å². The number of carbonyl (C=O) groups excluding carboxylic acids is 1. The van der Waals surface area contributed by atoms with E-state index in [1.807, 2.05) is 0 Å². The summed E-state index contributed by atoms with van der Waals surface area (Å²) in [6.07, 6.45) is 4.95. The van der Waals surface area contributed by atoms with Gasteiger partial charge in [0.2, 0.25) is 5.91 Å². The fraction of sp³-hybridized carbons (Fsp3) is 0.222. The highest BCUT2D eigenvalue weighted by Crippen LogP contribution is 2.36. The van der Waals surface area contributed by atoms with Gasteiger partial charge in [0.05, 0.1) is 5.69 Å². The Kier molecular flexibility index (Phi) is 4.27. The van der Waals surface area contributed by atoms with Gasteiger partial charge in [0.1, 0.15) is 18.2 Å². The summed E-state index contributed by atoms with van der Waals surface area (Å²) in [7, 11) is 0. The second-order valence-electron chi connectivity index (χ2n) is 6.28. The van der Waals surface area contributed by atoms with E-state index in [1.54, 1.807) is 29.1 Å². The Balaban J connectivity index is 1.60. The van der Waals surface area contributed by atoms with E-state index in [0.29, 0.717) is 17.5 Å². The first-order chi connectivity index (χ1) is 13.0. The van der Waals surface area contributed by atoms with Crippen molar-refractivity contribution in [2.75, 3.05) is 5.32 Å². The Morgan fingerprint density at radius 1 is 1.26 bits per heavy atom. The molecule has 3 aromatic rings. The van der Waals surface area contributed by atoms with Crippen LogP contribution in [0.3, 0.4) is 0 Å². The van der Waals surface area contributed by atoms with Crippen molar-refractivity contribution in [3.63, 3.8) is 0 Å². The number of hydrogen-bond acceptors (Lipinski definition) is 4. The Bertz CT molecular complexity index is 1060. The van der Waals surface area contributed by atoms with Crippen LogP contribution in [0.15, 0.2) is 47.5 Å². The van der Waals surface area contributed by atoms with Crippen LogP contribution in [0.25, 0.3) is 11.4 Å². The maximum Gasteiger partial charge on any atom is 0.346 e. The lowest BCUT2D eigenvalue weighted by atomic mass is 10.3. The maximum absolute atomic E-state index is 13.7. The van der Waals surface area contributed by atoms with Gasteiger partial charge in [-0.1, -0.05) is 0 Å².